The Kier molecular flexibility index (Phi) is 6.75. The van der Waals surface area contributed by atoms with E-state index in [1.165, 1.54) is 5.56 Å². The number of benzene rings is 1. The maximum atomic E-state index is 12.1. The van der Waals surface area contributed by atoms with Crippen LogP contribution in [0.25, 0.3) is 0 Å². The highest BCUT2D eigenvalue weighted by Gasteiger charge is 2.28. The Morgan fingerprint density at radius 3 is 2.52 bits per heavy atom. The van der Waals surface area contributed by atoms with Gasteiger partial charge in [0.05, 0.1) is 10.5 Å². The van der Waals surface area contributed by atoms with Crippen molar-refractivity contribution in [2.45, 2.75) is 50.3 Å². The third-order valence-electron chi connectivity index (χ3n) is 3.42. The predicted octanol–water partition coefficient (Wildman–Crippen LogP) is 3.66. The summed E-state index contributed by atoms with van der Waals surface area (Å²) in [5, 5.41) is 3.38. The second kappa shape index (κ2) is 7.65. The summed E-state index contributed by atoms with van der Waals surface area (Å²) in [5.41, 5.74) is 1.24. The Labute approximate surface area is 133 Å². The van der Waals surface area contributed by atoms with E-state index >= 15 is 0 Å². The van der Waals surface area contributed by atoms with Crippen molar-refractivity contribution < 1.29 is 8.42 Å². The van der Waals surface area contributed by atoms with Gasteiger partial charge in [-0.2, -0.15) is 0 Å². The Hall–Kier alpha value is -0.520. The summed E-state index contributed by atoms with van der Waals surface area (Å²) >= 11 is 1.61. The molecule has 0 radical (unpaired) electrons. The van der Waals surface area contributed by atoms with Crippen molar-refractivity contribution in [3.63, 3.8) is 0 Å². The molecule has 21 heavy (non-hydrogen) atoms. The average molecular weight is 330 g/mol. The molecule has 1 unspecified atom stereocenters. The lowest BCUT2D eigenvalue weighted by molar-refractivity contribution is 0.562. The fourth-order valence-electron chi connectivity index (χ4n) is 1.87. The Balaban J connectivity index is 2.63. The van der Waals surface area contributed by atoms with Crippen molar-refractivity contribution in [2.75, 3.05) is 18.1 Å². The second-order valence-electron chi connectivity index (χ2n) is 6.13. The first kappa shape index (κ1) is 18.5. The summed E-state index contributed by atoms with van der Waals surface area (Å²) < 4.78 is 23.5. The molecular weight excluding hydrogens is 302 g/mol. The fourth-order valence-corrected chi connectivity index (χ4v) is 4.33. The summed E-state index contributed by atoms with van der Waals surface area (Å²) in [6.07, 6.45) is 0. The molecule has 1 aromatic carbocycles. The zero-order valence-electron chi connectivity index (χ0n) is 13.6. The van der Waals surface area contributed by atoms with Gasteiger partial charge in [-0.3, -0.25) is 0 Å². The minimum Gasteiger partial charge on any atom is -0.310 e. The van der Waals surface area contributed by atoms with Crippen molar-refractivity contribution in [1.29, 1.82) is 0 Å². The molecule has 0 saturated heterocycles. The molecule has 1 atom stereocenters. The van der Waals surface area contributed by atoms with Crippen molar-refractivity contribution in [3.8, 4) is 0 Å². The van der Waals surface area contributed by atoms with Crippen LogP contribution in [0.3, 0.4) is 0 Å². The topological polar surface area (TPSA) is 46.2 Å². The number of hydrogen-bond donors (Lipinski definition) is 1. The van der Waals surface area contributed by atoms with Crippen molar-refractivity contribution in [3.05, 3.63) is 29.8 Å². The monoisotopic (exact) mass is 329 g/mol. The van der Waals surface area contributed by atoms with E-state index in [1.54, 1.807) is 32.5 Å². The molecule has 1 aromatic rings. The van der Waals surface area contributed by atoms with Crippen LogP contribution >= 0.6 is 11.8 Å². The molecular formula is C16H27NO2S2. The van der Waals surface area contributed by atoms with Crippen LogP contribution in [0.5, 0.6) is 0 Å². The van der Waals surface area contributed by atoms with Crippen LogP contribution in [0.4, 0.5) is 0 Å². The third kappa shape index (κ3) is 5.64. The molecule has 0 aliphatic heterocycles. The summed E-state index contributed by atoms with van der Waals surface area (Å²) in [6.45, 7) is 10.4. The number of hydrogen-bond acceptors (Lipinski definition) is 4. The van der Waals surface area contributed by atoms with Crippen LogP contribution in [0, 0.1) is 0 Å². The highest BCUT2D eigenvalue weighted by atomic mass is 32.2. The lowest BCUT2D eigenvalue weighted by Crippen LogP contribution is -2.31. The van der Waals surface area contributed by atoms with Gasteiger partial charge in [-0.15, -0.1) is 11.8 Å². The summed E-state index contributed by atoms with van der Waals surface area (Å²) in [6, 6.07) is 8.62. The molecule has 1 rings (SSSR count). The highest BCUT2D eigenvalue weighted by Crippen LogP contribution is 2.24. The van der Waals surface area contributed by atoms with Gasteiger partial charge in [0.2, 0.25) is 0 Å². The van der Waals surface area contributed by atoms with Gasteiger partial charge in [0, 0.05) is 16.7 Å². The molecule has 0 aromatic heterocycles. The molecule has 0 fully saturated rings. The molecule has 0 amide bonds. The molecule has 0 aliphatic carbocycles. The standard InChI is InChI=1S/C16H27NO2S2/c1-6-17-13(2)14-8-7-9-15(12-14)20-10-11-21(18,19)16(3,4)5/h7-9,12-13,17H,6,10-11H2,1-5H3. The summed E-state index contributed by atoms with van der Waals surface area (Å²) in [5.74, 6) is 0.812. The number of sulfone groups is 1. The van der Waals surface area contributed by atoms with E-state index in [1.807, 2.05) is 12.1 Å². The van der Waals surface area contributed by atoms with E-state index in [4.69, 9.17) is 0 Å². The van der Waals surface area contributed by atoms with Gasteiger partial charge in [0.25, 0.3) is 0 Å². The first-order chi connectivity index (χ1) is 9.67. The largest absolute Gasteiger partial charge is 0.310 e. The van der Waals surface area contributed by atoms with Crippen LogP contribution in [-0.4, -0.2) is 31.2 Å². The zero-order chi connectivity index (χ0) is 16.1. The SMILES string of the molecule is CCNC(C)c1cccc(SCCS(=O)(=O)C(C)(C)C)c1. The van der Waals surface area contributed by atoms with E-state index in [-0.39, 0.29) is 5.75 Å². The smallest absolute Gasteiger partial charge is 0.156 e. The lowest BCUT2D eigenvalue weighted by atomic mass is 10.1. The Morgan fingerprint density at radius 1 is 1.29 bits per heavy atom. The quantitative estimate of drug-likeness (QED) is 0.776. The van der Waals surface area contributed by atoms with Gasteiger partial charge < -0.3 is 5.32 Å². The lowest BCUT2D eigenvalue weighted by Gasteiger charge is -2.19. The fraction of sp³-hybridized carbons (Fsp3) is 0.625. The number of nitrogens with one attached hydrogen (secondary N) is 1. The third-order valence-corrected chi connectivity index (χ3v) is 7.28. The molecule has 1 N–H and O–H groups in total. The predicted molar refractivity (Wildman–Crippen MR) is 92.8 cm³/mol. The van der Waals surface area contributed by atoms with E-state index in [0.717, 1.165) is 11.4 Å². The van der Waals surface area contributed by atoms with Gasteiger partial charge in [-0.1, -0.05) is 19.1 Å². The molecule has 0 spiro atoms. The van der Waals surface area contributed by atoms with Crippen LogP contribution in [0.2, 0.25) is 0 Å². The minimum absolute atomic E-state index is 0.216. The molecule has 3 nitrogen and oxygen atoms in total. The Morgan fingerprint density at radius 2 is 1.95 bits per heavy atom. The van der Waals surface area contributed by atoms with Crippen molar-refractivity contribution in [1.82, 2.24) is 5.32 Å². The van der Waals surface area contributed by atoms with Gasteiger partial charge in [-0.05, 0) is 51.9 Å². The van der Waals surface area contributed by atoms with E-state index in [9.17, 15) is 8.42 Å². The first-order valence-electron chi connectivity index (χ1n) is 7.36. The van der Waals surface area contributed by atoms with Crippen molar-refractivity contribution >= 4 is 21.6 Å². The summed E-state index contributed by atoms with van der Waals surface area (Å²) in [4.78, 5) is 1.13. The second-order valence-corrected chi connectivity index (χ2v) is 10.2. The molecule has 0 aliphatic rings. The van der Waals surface area contributed by atoms with Crippen LogP contribution in [-0.2, 0) is 9.84 Å². The molecule has 0 saturated carbocycles. The van der Waals surface area contributed by atoms with Gasteiger partial charge >= 0.3 is 0 Å². The zero-order valence-corrected chi connectivity index (χ0v) is 15.3. The normalized spacial score (nSPS) is 14.1. The summed E-state index contributed by atoms with van der Waals surface area (Å²) in [7, 11) is -3.04. The van der Waals surface area contributed by atoms with Gasteiger partial charge in [-0.25, -0.2) is 8.42 Å². The Bertz CT molecular complexity index is 548. The first-order valence-corrected chi connectivity index (χ1v) is 9.99. The van der Waals surface area contributed by atoms with E-state index in [0.29, 0.717) is 11.8 Å². The molecule has 0 bridgehead atoms. The maximum absolute atomic E-state index is 12.1. The van der Waals surface area contributed by atoms with Crippen LogP contribution in [0.15, 0.2) is 29.2 Å². The maximum Gasteiger partial charge on any atom is 0.156 e. The van der Waals surface area contributed by atoms with Gasteiger partial charge in [0.15, 0.2) is 9.84 Å². The number of rotatable bonds is 7. The minimum atomic E-state index is -3.04. The highest BCUT2D eigenvalue weighted by molar-refractivity contribution is 8.01. The van der Waals surface area contributed by atoms with E-state index in [2.05, 4.69) is 31.3 Å². The molecule has 5 heteroatoms. The van der Waals surface area contributed by atoms with Crippen molar-refractivity contribution in [2.24, 2.45) is 0 Å². The van der Waals surface area contributed by atoms with E-state index < -0.39 is 14.6 Å². The number of thioether (sulfide) groups is 1. The van der Waals surface area contributed by atoms with Gasteiger partial charge in [0.1, 0.15) is 0 Å². The average Bonchev–Trinajstić information content (AvgIpc) is 2.38. The van der Waals surface area contributed by atoms with Crippen LogP contribution < -0.4 is 5.32 Å². The molecule has 120 valence electrons. The molecule has 0 heterocycles. The van der Waals surface area contributed by atoms with Crippen LogP contribution in [0.1, 0.15) is 46.2 Å².